The molecule has 2 aromatic rings. The van der Waals surface area contributed by atoms with Crippen molar-refractivity contribution < 1.29 is 28.3 Å². The van der Waals surface area contributed by atoms with Gasteiger partial charge in [-0.05, 0) is 56.4 Å². The second-order valence-corrected chi connectivity index (χ2v) is 10.6. The standard InChI is InChI=1S/C25H35O6P/c1-6-7-8-11-21-16-23(27)25(22-12-9-10-18(2)15-22)24(17-21)31-32(28,29-5)19(3)13-14-30-20(4)26/h9-10,12,15-17,19,27H,6-8,11,13-14H2,1-5H3. The Balaban J connectivity index is 2.44. The molecule has 0 fully saturated rings. The Morgan fingerprint density at radius 2 is 1.94 bits per heavy atom. The minimum atomic E-state index is -3.61. The van der Waals surface area contributed by atoms with Crippen LogP contribution in [0.15, 0.2) is 36.4 Å². The van der Waals surface area contributed by atoms with Gasteiger partial charge >= 0.3 is 13.6 Å². The lowest BCUT2D eigenvalue weighted by Crippen LogP contribution is -2.14. The van der Waals surface area contributed by atoms with E-state index in [9.17, 15) is 14.5 Å². The Bertz CT molecular complexity index is 955. The van der Waals surface area contributed by atoms with Crippen molar-refractivity contribution in [3.05, 3.63) is 47.5 Å². The first-order chi connectivity index (χ1) is 15.2. The zero-order chi connectivity index (χ0) is 23.7. The monoisotopic (exact) mass is 462 g/mol. The molecule has 0 aliphatic carbocycles. The summed E-state index contributed by atoms with van der Waals surface area (Å²) in [5.41, 5.74) is 2.69. The van der Waals surface area contributed by atoms with Crippen LogP contribution in [0, 0.1) is 6.92 Å². The van der Waals surface area contributed by atoms with Gasteiger partial charge in [0.2, 0.25) is 0 Å². The van der Waals surface area contributed by atoms with Gasteiger partial charge in [-0.25, -0.2) is 4.57 Å². The van der Waals surface area contributed by atoms with Gasteiger partial charge in [0.1, 0.15) is 11.5 Å². The third kappa shape index (κ3) is 7.11. The number of ether oxygens (including phenoxy) is 1. The number of phenols is 1. The molecule has 176 valence electrons. The van der Waals surface area contributed by atoms with Gasteiger partial charge < -0.3 is 18.9 Å². The highest BCUT2D eigenvalue weighted by atomic mass is 31.2. The van der Waals surface area contributed by atoms with Gasteiger partial charge in [-0.15, -0.1) is 0 Å². The van der Waals surface area contributed by atoms with Crippen molar-refractivity contribution in [2.75, 3.05) is 13.7 Å². The predicted octanol–water partition coefficient (Wildman–Crippen LogP) is 6.66. The van der Waals surface area contributed by atoms with Crippen LogP contribution in [0.3, 0.4) is 0 Å². The number of carbonyl (C=O) groups is 1. The maximum absolute atomic E-state index is 13.6. The minimum Gasteiger partial charge on any atom is -0.507 e. The molecule has 0 aliphatic heterocycles. The van der Waals surface area contributed by atoms with Crippen molar-refractivity contribution in [2.24, 2.45) is 0 Å². The van der Waals surface area contributed by atoms with E-state index >= 15 is 0 Å². The van der Waals surface area contributed by atoms with Gasteiger partial charge in [0, 0.05) is 14.0 Å². The van der Waals surface area contributed by atoms with Crippen LogP contribution in [0.2, 0.25) is 0 Å². The second kappa shape index (κ2) is 12.1. The SMILES string of the molecule is CCCCCc1cc(O)c(-c2cccc(C)c2)c(OP(=O)(OC)C(C)CCOC(C)=O)c1. The number of esters is 1. The average Bonchev–Trinajstić information content (AvgIpc) is 2.73. The largest absolute Gasteiger partial charge is 0.507 e. The molecule has 32 heavy (non-hydrogen) atoms. The normalized spacial score (nSPS) is 13.9. The van der Waals surface area contributed by atoms with E-state index < -0.39 is 19.2 Å². The molecule has 2 rings (SSSR count). The quantitative estimate of drug-likeness (QED) is 0.216. The van der Waals surface area contributed by atoms with Crippen molar-refractivity contribution in [1.82, 2.24) is 0 Å². The fourth-order valence-electron chi connectivity index (χ4n) is 3.52. The van der Waals surface area contributed by atoms with E-state index in [1.165, 1.54) is 14.0 Å². The van der Waals surface area contributed by atoms with Crippen molar-refractivity contribution >= 4 is 13.6 Å². The summed E-state index contributed by atoms with van der Waals surface area (Å²) in [4.78, 5) is 11.1. The Kier molecular flexibility index (Phi) is 9.80. The maximum atomic E-state index is 13.6. The van der Waals surface area contributed by atoms with Crippen LogP contribution in [0.4, 0.5) is 0 Å². The van der Waals surface area contributed by atoms with Crippen LogP contribution in [0.1, 0.15) is 57.6 Å². The Morgan fingerprint density at radius 3 is 2.56 bits per heavy atom. The highest BCUT2D eigenvalue weighted by Crippen LogP contribution is 2.56. The summed E-state index contributed by atoms with van der Waals surface area (Å²) in [5, 5.41) is 10.9. The van der Waals surface area contributed by atoms with E-state index in [-0.39, 0.29) is 12.4 Å². The molecule has 0 aliphatic rings. The van der Waals surface area contributed by atoms with Crippen molar-refractivity contribution in [2.45, 2.75) is 65.5 Å². The molecule has 0 radical (unpaired) electrons. The number of aromatic hydroxyl groups is 1. The lowest BCUT2D eigenvalue weighted by atomic mass is 9.98. The molecule has 0 heterocycles. The lowest BCUT2D eigenvalue weighted by molar-refractivity contribution is -0.141. The molecular formula is C25H35O6P. The zero-order valence-corrected chi connectivity index (χ0v) is 20.6. The summed E-state index contributed by atoms with van der Waals surface area (Å²) in [5.74, 6) is 0.0123. The fourth-order valence-corrected chi connectivity index (χ4v) is 4.97. The first kappa shape index (κ1) is 26.0. The van der Waals surface area contributed by atoms with E-state index in [2.05, 4.69) is 6.92 Å². The average molecular weight is 463 g/mol. The van der Waals surface area contributed by atoms with Crippen LogP contribution < -0.4 is 4.52 Å². The third-order valence-corrected chi connectivity index (χ3v) is 7.68. The number of benzene rings is 2. The van der Waals surface area contributed by atoms with Crippen LogP contribution in [-0.4, -0.2) is 30.5 Å². The van der Waals surface area contributed by atoms with Gasteiger partial charge in [0.05, 0.1) is 17.8 Å². The predicted molar refractivity (Wildman–Crippen MR) is 127 cm³/mol. The lowest BCUT2D eigenvalue weighted by Gasteiger charge is -2.25. The van der Waals surface area contributed by atoms with Crippen LogP contribution in [0.5, 0.6) is 11.5 Å². The molecule has 2 atom stereocenters. The van der Waals surface area contributed by atoms with E-state index in [0.717, 1.165) is 42.4 Å². The minimum absolute atomic E-state index is 0.0785. The first-order valence-electron chi connectivity index (χ1n) is 11.1. The van der Waals surface area contributed by atoms with Crippen LogP contribution >= 0.6 is 7.60 Å². The number of unbranched alkanes of at least 4 members (excludes halogenated alkanes) is 2. The highest BCUT2D eigenvalue weighted by Gasteiger charge is 2.34. The summed E-state index contributed by atoms with van der Waals surface area (Å²) >= 11 is 0. The van der Waals surface area contributed by atoms with E-state index in [0.29, 0.717) is 17.7 Å². The number of aryl methyl sites for hydroxylation is 2. The highest BCUT2D eigenvalue weighted by molar-refractivity contribution is 7.55. The van der Waals surface area contributed by atoms with Gasteiger partial charge in [-0.2, -0.15) is 0 Å². The first-order valence-corrected chi connectivity index (χ1v) is 12.7. The number of hydrogen-bond acceptors (Lipinski definition) is 6. The van der Waals surface area contributed by atoms with E-state index in [1.807, 2.05) is 37.3 Å². The fraction of sp³-hybridized carbons (Fsp3) is 0.480. The number of rotatable bonds is 12. The Morgan fingerprint density at radius 1 is 1.19 bits per heavy atom. The topological polar surface area (TPSA) is 82.1 Å². The zero-order valence-electron chi connectivity index (χ0n) is 19.7. The molecular weight excluding hydrogens is 427 g/mol. The molecule has 0 bridgehead atoms. The van der Waals surface area contributed by atoms with Gasteiger partial charge in [-0.3, -0.25) is 4.79 Å². The van der Waals surface area contributed by atoms with Gasteiger partial charge in [0.15, 0.2) is 0 Å². The van der Waals surface area contributed by atoms with Crippen molar-refractivity contribution in [3.63, 3.8) is 0 Å². The van der Waals surface area contributed by atoms with Crippen LogP contribution in [0.25, 0.3) is 11.1 Å². The number of phenolic OH excluding ortho intramolecular Hbond substituents is 1. The molecule has 0 saturated carbocycles. The molecule has 7 heteroatoms. The van der Waals surface area contributed by atoms with Crippen molar-refractivity contribution in [3.8, 4) is 22.6 Å². The third-order valence-electron chi connectivity index (χ3n) is 5.38. The van der Waals surface area contributed by atoms with Gasteiger partial charge in [0.25, 0.3) is 0 Å². The summed E-state index contributed by atoms with van der Waals surface area (Å²) in [6.45, 7) is 7.31. The summed E-state index contributed by atoms with van der Waals surface area (Å²) < 4.78 is 30.0. The molecule has 6 nitrogen and oxygen atoms in total. The molecule has 0 spiro atoms. The summed E-state index contributed by atoms with van der Waals surface area (Å²) in [7, 11) is -2.26. The van der Waals surface area contributed by atoms with E-state index in [4.69, 9.17) is 13.8 Å². The molecule has 0 amide bonds. The number of carbonyl (C=O) groups excluding carboxylic acids is 1. The molecule has 0 aromatic heterocycles. The molecule has 1 N–H and O–H groups in total. The second-order valence-electron chi connectivity index (χ2n) is 8.11. The Hall–Kier alpha value is -2.30. The van der Waals surface area contributed by atoms with E-state index in [1.54, 1.807) is 13.0 Å². The summed E-state index contributed by atoms with van der Waals surface area (Å²) in [6, 6.07) is 11.3. The maximum Gasteiger partial charge on any atom is 0.381 e. The Labute approximate surface area is 191 Å². The summed E-state index contributed by atoms with van der Waals surface area (Å²) in [6.07, 6.45) is 4.27. The molecule has 2 aromatic carbocycles. The van der Waals surface area contributed by atoms with Gasteiger partial charge in [-0.1, -0.05) is 49.6 Å². The van der Waals surface area contributed by atoms with Crippen LogP contribution in [-0.2, 0) is 25.0 Å². The smallest absolute Gasteiger partial charge is 0.381 e. The molecule has 2 unspecified atom stereocenters. The molecule has 0 saturated heterocycles. The van der Waals surface area contributed by atoms with Crippen molar-refractivity contribution in [1.29, 1.82) is 0 Å². The number of hydrogen-bond donors (Lipinski definition) is 1.